The van der Waals surface area contributed by atoms with Crippen LogP contribution in [-0.2, 0) is 0 Å². The van der Waals surface area contributed by atoms with Crippen LogP contribution < -0.4 is 5.32 Å². The number of halogens is 1. The maximum absolute atomic E-state index is 10.6. The molecule has 0 spiro atoms. The lowest BCUT2D eigenvalue weighted by atomic mass is 10.2. The molecule has 0 atom stereocenters. The Hall–Kier alpha value is -1.80. The van der Waals surface area contributed by atoms with Gasteiger partial charge in [0.15, 0.2) is 6.29 Å². The second-order valence-electron chi connectivity index (χ2n) is 3.04. The molecule has 0 aliphatic heterocycles. The molecule has 3 heteroatoms. The Bertz CT molecular complexity index is 449. The predicted molar refractivity (Wildman–Crippen MR) is 68.9 cm³/mol. The van der Waals surface area contributed by atoms with Crippen LogP contribution in [0, 0.1) is 0 Å². The van der Waals surface area contributed by atoms with Gasteiger partial charge >= 0.3 is 0 Å². The summed E-state index contributed by atoms with van der Waals surface area (Å²) >= 11 is 5.90. The molecule has 1 aromatic carbocycles. The molecule has 0 bridgehead atoms. The quantitative estimate of drug-likeness (QED) is 0.619. The summed E-state index contributed by atoms with van der Waals surface area (Å²) in [4.78, 5) is 10.6. The maximum Gasteiger partial charge on any atom is 0.151 e. The van der Waals surface area contributed by atoms with Crippen LogP contribution in [0.2, 0.25) is 5.02 Å². The van der Waals surface area contributed by atoms with Gasteiger partial charge in [0.05, 0.1) is 5.02 Å². The SMILES string of the molecule is C=C/C=C(\C=C)Nc1ccc(C=O)c(Cl)c1. The third-order valence-electron chi connectivity index (χ3n) is 1.93. The van der Waals surface area contributed by atoms with E-state index in [1.165, 1.54) is 0 Å². The van der Waals surface area contributed by atoms with Gasteiger partial charge in [0.25, 0.3) is 0 Å². The van der Waals surface area contributed by atoms with Crippen LogP contribution in [-0.4, -0.2) is 6.29 Å². The Morgan fingerprint density at radius 1 is 1.38 bits per heavy atom. The van der Waals surface area contributed by atoms with E-state index in [0.29, 0.717) is 10.6 Å². The minimum atomic E-state index is 0.419. The van der Waals surface area contributed by atoms with Crippen LogP contribution in [0.3, 0.4) is 0 Å². The van der Waals surface area contributed by atoms with E-state index in [1.807, 2.05) is 0 Å². The minimum absolute atomic E-state index is 0.419. The van der Waals surface area contributed by atoms with Crippen molar-refractivity contribution in [2.75, 3.05) is 5.32 Å². The number of aldehydes is 1. The van der Waals surface area contributed by atoms with E-state index in [4.69, 9.17) is 11.6 Å². The summed E-state index contributed by atoms with van der Waals surface area (Å²) < 4.78 is 0. The zero-order valence-electron chi connectivity index (χ0n) is 8.74. The van der Waals surface area contributed by atoms with Gasteiger partial charge < -0.3 is 5.32 Å². The highest BCUT2D eigenvalue weighted by Crippen LogP contribution is 2.20. The first-order chi connectivity index (χ1) is 7.71. The molecule has 0 amide bonds. The zero-order chi connectivity index (χ0) is 12.0. The van der Waals surface area contributed by atoms with E-state index in [9.17, 15) is 4.79 Å². The van der Waals surface area contributed by atoms with Crippen LogP contribution >= 0.6 is 11.6 Å². The Labute approximate surface area is 99.9 Å². The molecule has 0 unspecified atom stereocenters. The Morgan fingerprint density at radius 2 is 2.12 bits per heavy atom. The van der Waals surface area contributed by atoms with Crippen molar-refractivity contribution in [2.45, 2.75) is 0 Å². The Kier molecular flexibility index (Phi) is 4.55. The number of nitrogens with one attached hydrogen (secondary N) is 1. The van der Waals surface area contributed by atoms with Gasteiger partial charge in [-0.1, -0.05) is 30.8 Å². The van der Waals surface area contributed by atoms with Crippen LogP contribution in [0.25, 0.3) is 0 Å². The summed E-state index contributed by atoms with van der Waals surface area (Å²) in [6, 6.07) is 5.12. The summed E-state index contributed by atoms with van der Waals surface area (Å²) in [6.45, 7) is 7.26. The predicted octanol–water partition coefficient (Wildman–Crippen LogP) is 3.82. The van der Waals surface area contributed by atoms with E-state index in [1.54, 1.807) is 36.4 Å². The van der Waals surface area contributed by atoms with Crippen molar-refractivity contribution in [2.24, 2.45) is 0 Å². The van der Waals surface area contributed by atoms with Crippen LogP contribution in [0.4, 0.5) is 5.69 Å². The topological polar surface area (TPSA) is 29.1 Å². The number of benzene rings is 1. The normalized spacial score (nSPS) is 10.7. The van der Waals surface area contributed by atoms with Gasteiger partial charge in [0.2, 0.25) is 0 Å². The zero-order valence-corrected chi connectivity index (χ0v) is 9.50. The number of hydrogen-bond donors (Lipinski definition) is 1. The number of carbonyl (C=O) groups is 1. The van der Waals surface area contributed by atoms with Crippen molar-refractivity contribution in [1.29, 1.82) is 0 Å². The Morgan fingerprint density at radius 3 is 2.62 bits per heavy atom. The fourth-order valence-corrected chi connectivity index (χ4v) is 1.38. The average Bonchev–Trinajstić information content (AvgIpc) is 2.28. The van der Waals surface area contributed by atoms with Crippen molar-refractivity contribution in [3.8, 4) is 0 Å². The minimum Gasteiger partial charge on any atom is -0.356 e. The molecule has 0 fully saturated rings. The largest absolute Gasteiger partial charge is 0.356 e. The fourth-order valence-electron chi connectivity index (χ4n) is 1.15. The van der Waals surface area contributed by atoms with E-state index >= 15 is 0 Å². The van der Waals surface area contributed by atoms with Crippen LogP contribution in [0.5, 0.6) is 0 Å². The molecular weight excluding hydrogens is 222 g/mol. The van der Waals surface area contributed by atoms with Crippen LogP contribution in [0.1, 0.15) is 10.4 Å². The standard InChI is InChI=1S/C13H12ClNO/c1-3-5-11(4-2)15-12-7-6-10(9-16)13(14)8-12/h3-9,15H,1-2H2/b11-5+. The third-order valence-corrected chi connectivity index (χ3v) is 2.26. The van der Waals surface area contributed by atoms with E-state index in [-0.39, 0.29) is 0 Å². The lowest BCUT2D eigenvalue weighted by molar-refractivity contribution is 0.112. The monoisotopic (exact) mass is 233 g/mol. The smallest absolute Gasteiger partial charge is 0.151 e. The third kappa shape index (κ3) is 3.11. The van der Waals surface area contributed by atoms with Crippen molar-refractivity contribution in [3.05, 3.63) is 65.9 Å². The number of rotatable bonds is 5. The number of allylic oxidation sites excluding steroid dienone is 3. The summed E-state index contributed by atoms with van der Waals surface area (Å²) in [5, 5.41) is 3.51. The molecule has 0 saturated carbocycles. The molecule has 1 aromatic rings. The molecule has 0 heterocycles. The molecule has 16 heavy (non-hydrogen) atoms. The first-order valence-electron chi connectivity index (χ1n) is 4.68. The van der Waals surface area contributed by atoms with Crippen molar-refractivity contribution < 1.29 is 4.79 Å². The molecule has 2 nitrogen and oxygen atoms in total. The first-order valence-corrected chi connectivity index (χ1v) is 5.06. The lowest BCUT2D eigenvalue weighted by Crippen LogP contribution is -1.96. The summed E-state index contributed by atoms with van der Waals surface area (Å²) in [7, 11) is 0. The summed E-state index contributed by atoms with van der Waals surface area (Å²) in [5.74, 6) is 0. The molecular formula is C13H12ClNO. The number of hydrogen-bond acceptors (Lipinski definition) is 2. The van der Waals surface area contributed by atoms with Gasteiger partial charge in [-0.25, -0.2) is 0 Å². The molecule has 1 N–H and O–H groups in total. The van der Waals surface area contributed by atoms with Gasteiger partial charge in [0.1, 0.15) is 0 Å². The van der Waals surface area contributed by atoms with E-state index in [2.05, 4.69) is 18.5 Å². The van der Waals surface area contributed by atoms with Crippen molar-refractivity contribution in [1.82, 2.24) is 0 Å². The molecule has 0 radical (unpaired) electrons. The fraction of sp³-hybridized carbons (Fsp3) is 0. The second kappa shape index (κ2) is 5.93. The van der Waals surface area contributed by atoms with Crippen LogP contribution in [0.15, 0.2) is 55.3 Å². The first kappa shape index (κ1) is 12.3. The molecule has 1 rings (SSSR count). The molecule has 0 saturated heterocycles. The maximum atomic E-state index is 10.6. The van der Waals surface area contributed by atoms with E-state index < -0.39 is 0 Å². The van der Waals surface area contributed by atoms with Gasteiger partial charge in [-0.15, -0.1) is 0 Å². The molecule has 0 aliphatic rings. The van der Waals surface area contributed by atoms with Gasteiger partial charge in [-0.3, -0.25) is 4.79 Å². The van der Waals surface area contributed by atoms with Gasteiger partial charge in [0, 0.05) is 16.9 Å². The van der Waals surface area contributed by atoms with Crippen molar-refractivity contribution >= 4 is 23.6 Å². The molecule has 0 aliphatic carbocycles. The highest BCUT2D eigenvalue weighted by molar-refractivity contribution is 6.33. The number of carbonyl (C=O) groups excluding carboxylic acids is 1. The molecule has 82 valence electrons. The summed E-state index contributed by atoms with van der Waals surface area (Å²) in [6.07, 6.45) is 5.84. The summed E-state index contributed by atoms with van der Waals surface area (Å²) in [5.41, 5.74) is 2.08. The molecule has 0 aromatic heterocycles. The van der Waals surface area contributed by atoms with Crippen molar-refractivity contribution in [3.63, 3.8) is 0 Å². The lowest BCUT2D eigenvalue weighted by Gasteiger charge is -2.07. The second-order valence-corrected chi connectivity index (χ2v) is 3.45. The van der Waals surface area contributed by atoms with E-state index in [0.717, 1.165) is 17.7 Å². The number of anilines is 1. The Balaban J connectivity index is 2.94. The highest BCUT2D eigenvalue weighted by Gasteiger charge is 2.00. The van der Waals surface area contributed by atoms with Gasteiger partial charge in [-0.2, -0.15) is 0 Å². The average molecular weight is 234 g/mol. The highest BCUT2D eigenvalue weighted by atomic mass is 35.5. The van der Waals surface area contributed by atoms with Gasteiger partial charge in [-0.05, 0) is 30.4 Å².